The Morgan fingerprint density at radius 2 is 1.73 bits per heavy atom. The van der Waals surface area contributed by atoms with Crippen LogP contribution in [0.4, 0.5) is 0 Å². The minimum absolute atomic E-state index is 0.0266. The highest BCUT2D eigenvalue weighted by Gasteiger charge is 2.20. The average molecular weight is 213 g/mol. The maximum Gasteiger partial charge on any atom is 0.220 e. The van der Waals surface area contributed by atoms with Crippen LogP contribution in [0.5, 0.6) is 0 Å². The SMILES string of the molecule is CC(=O)CCC(=O)NCC(C)C(C)(C)C. The summed E-state index contributed by atoms with van der Waals surface area (Å²) in [5, 5.41) is 2.85. The molecule has 0 fully saturated rings. The van der Waals surface area contributed by atoms with Crippen LogP contribution in [0.2, 0.25) is 0 Å². The van der Waals surface area contributed by atoms with Crippen LogP contribution in [0.1, 0.15) is 47.5 Å². The highest BCUT2D eigenvalue weighted by molar-refractivity contribution is 5.83. The fraction of sp³-hybridized carbons (Fsp3) is 0.833. The molecule has 1 atom stereocenters. The Kier molecular flexibility index (Phi) is 5.55. The molecule has 1 amide bonds. The normalized spacial score (nSPS) is 13.4. The van der Waals surface area contributed by atoms with Crippen molar-refractivity contribution >= 4 is 11.7 Å². The lowest BCUT2D eigenvalue weighted by Crippen LogP contribution is -2.33. The van der Waals surface area contributed by atoms with E-state index in [4.69, 9.17) is 0 Å². The van der Waals surface area contributed by atoms with Crippen molar-refractivity contribution in [2.45, 2.75) is 47.5 Å². The van der Waals surface area contributed by atoms with E-state index in [0.29, 0.717) is 25.3 Å². The molecular weight excluding hydrogens is 190 g/mol. The van der Waals surface area contributed by atoms with Crippen molar-refractivity contribution < 1.29 is 9.59 Å². The quantitative estimate of drug-likeness (QED) is 0.760. The smallest absolute Gasteiger partial charge is 0.220 e. The molecule has 0 rings (SSSR count). The number of ketones is 1. The Hall–Kier alpha value is -0.860. The second-order valence-electron chi connectivity index (χ2n) is 5.27. The van der Waals surface area contributed by atoms with Gasteiger partial charge in [0.15, 0.2) is 0 Å². The summed E-state index contributed by atoms with van der Waals surface area (Å²) < 4.78 is 0. The molecule has 0 aromatic heterocycles. The molecule has 0 aromatic rings. The van der Waals surface area contributed by atoms with Gasteiger partial charge in [0.05, 0.1) is 0 Å². The molecule has 0 heterocycles. The molecule has 0 saturated carbocycles. The van der Waals surface area contributed by atoms with Crippen molar-refractivity contribution in [3.63, 3.8) is 0 Å². The van der Waals surface area contributed by atoms with Gasteiger partial charge in [-0.25, -0.2) is 0 Å². The molecule has 3 nitrogen and oxygen atoms in total. The number of hydrogen-bond acceptors (Lipinski definition) is 2. The Balaban J connectivity index is 3.76. The van der Waals surface area contributed by atoms with Crippen LogP contribution in [0.15, 0.2) is 0 Å². The van der Waals surface area contributed by atoms with Gasteiger partial charge >= 0.3 is 0 Å². The van der Waals surface area contributed by atoms with Crippen molar-refractivity contribution in [3.05, 3.63) is 0 Å². The summed E-state index contributed by atoms with van der Waals surface area (Å²) in [4.78, 5) is 22.0. The molecule has 3 heteroatoms. The number of carbonyl (C=O) groups excluding carboxylic acids is 2. The van der Waals surface area contributed by atoms with Gasteiger partial charge in [-0.2, -0.15) is 0 Å². The van der Waals surface area contributed by atoms with E-state index in [1.807, 2.05) is 0 Å². The lowest BCUT2D eigenvalue weighted by atomic mass is 9.82. The summed E-state index contributed by atoms with van der Waals surface area (Å²) >= 11 is 0. The van der Waals surface area contributed by atoms with E-state index in [1.54, 1.807) is 0 Å². The highest BCUT2D eigenvalue weighted by atomic mass is 16.2. The van der Waals surface area contributed by atoms with E-state index < -0.39 is 0 Å². The van der Waals surface area contributed by atoms with Crippen molar-refractivity contribution in [2.75, 3.05) is 6.54 Å². The summed E-state index contributed by atoms with van der Waals surface area (Å²) in [6.07, 6.45) is 0.655. The van der Waals surface area contributed by atoms with Crippen LogP contribution in [0.3, 0.4) is 0 Å². The summed E-state index contributed by atoms with van der Waals surface area (Å²) in [6, 6.07) is 0. The molecule has 0 saturated heterocycles. The molecule has 0 aromatic carbocycles. The first-order valence-corrected chi connectivity index (χ1v) is 5.49. The summed E-state index contributed by atoms with van der Waals surface area (Å²) in [5.74, 6) is 0.467. The maximum absolute atomic E-state index is 11.3. The predicted octanol–water partition coefficient (Wildman–Crippen LogP) is 2.15. The maximum atomic E-state index is 11.3. The first kappa shape index (κ1) is 14.1. The van der Waals surface area contributed by atoms with Crippen LogP contribution >= 0.6 is 0 Å². The fourth-order valence-corrected chi connectivity index (χ4v) is 0.951. The zero-order chi connectivity index (χ0) is 12.1. The Labute approximate surface area is 92.6 Å². The number of rotatable bonds is 5. The molecule has 15 heavy (non-hydrogen) atoms. The zero-order valence-corrected chi connectivity index (χ0v) is 10.5. The molecule has 1 unspecified atom stereocenters. The van der Waals surface area contributed by atoms with Crippen molar-refractivity contribution in [3.8, 4) is 0 Å². The Bertz CT molecular complexity index is 228. The predicted molar refractivity (Wildman–Crippen MR) is 61.5 cm³/mol. The van der Waals surface area contributed by atoms with E-state index in [9.17, 15) is 9.59 Å². The first-order chi connectivity index (χ1) is 6.73. The Morgan fingerprint density at radius 1 is 1.20 bits per heavy atom. The third-order valence-electron chi connectivity index (χ3n) is 2.79. The van der Waals surface area contributed by atoms with Gasteiger partial charge in [0.2, 0.25) is 5.91 Å². The van der Waals surface area contributed by atoms with Gasteiger partial charge in [-0.3, -0.25) is 4.79 Å². The van der Waals surface area contributed by atoms with Gasteiger partial charge in [-0.05, 0) is 18.3 Å². The van der Waals surface area contributed by atoms with E-state index in [1.165, 1.54) is 6.92 Å². The fourth-order valence-electron chi connectivity index (χ4n) is 0.951. The minimum atomic E-state index is -0.0266. The highest BCUT2D eigenvalue weighted by Crippen LogP contribution is 2.24. The van der Waals surface area contributed by atoms with Crippen LogP contribution in [0, 0.1) is 11.3 Å². The molecule has 0 aliphatic carbocycles. The molecule has 0 bridgehead atoms. The standard InChI is InChI=1S/C12H23NO2/c1-9(12(3,4)5)8-13-11(15)7-6-10(2)14/h9H,6-8H2,1-5H3,(H,13,15). The number of carbonyl (C=O) groups is 2. The lowest BCUT2D eigenvalue weighted by molar-refractivity contribution is -0.124. The third kappa shape index (κ3) is 7.11. The van der Waals surface area contributed by atoms with Crippen molar-refractivity contribution in [1.82, 2.24) is 5.32 Å². The van der Waals surface area contributed by atoms with Crippen LogP contribution < -0.4 is 5.32 Å². The molecule has 0 radical (unpaired) electrons. The van der Waals surface area contributed by atoms with Gasteiger partial charge in [-0.1, -0.05) is 27.7 Å². The van der Waals surface area contributed by atoms with Crippen molar-refractivity contribution in [2.24, 2.45) is 11.3 Å². The first-order valence-electron chi connectivity index (χ1n) is 5.49. The molecule has 0 spiro atoms. The molecule has 1 N–H and O–H groups in total. The number of nitrogens with one attached hydrogen (secondary N) is 1. The van der Waals surface area contributed by atoms with Gasteiger partial charge in [-0.15, -0.1) is 0 Å². The summed E-state index contributed by atoms with van der Waals surface area (Å²) in [5.41, 5.74) is 0.202. The van der Waals surface area contributed by atoms with Crippen LogP contribution in [0.25, 0.3) is 0 Å². The number of hydrogen-bond donors (Lipinski definition) is 1. The zero-order valence-electron chi connectivity index (χ0n) is 10.5. The number of amides is 1. The second-order valence-corrected chi connectivity index (χ2v) is 5.27. The van der Waals surface area contributed by atoms with Gasteiger partial charge in [0.25, 0.3) is 0 Å². The third-order valence-corrected chi connectivity index (χ3v) is 2.79. The average Bonchev–Trinajstić information content (AvgIpc) is 2.09. The Morgan fingerprint density at radius 3 is 2.13 bits per heavy atom. The van der Waals surface area contributed by atoms with Gasteiger partial charge < -0.3 is 10.1 Å². The second kappa shape index (κ2) is 5.89. The van der Waals surface area contributed by atoms with Crippen LogP contribution in [-0.2, 0) is 9.59 Å². The van der Waals surface area contributed by atoms with Crippen molar-refractivity contribution in [1.29, 1.82) is 0 Å². The summed E-state index contributed by atoms with van der Waals surface area (Å²) in [6.45, 7) is 10.8. The molecule has 88 valence electrons. The monoisotopic (exact) mass is 213 g/mol. The lowest BCUT2D eigenvalue weighted by Gasteiger charge is -2.27. The van der Waals surface area contributed by atoms with E-state index in [2.05, 4.69) is 33.0 Å². The van der Waals surface area contributed by atoms with E-state index >= 15 is 0 Å². The van der Waals surface area contributed by atoms with E-state index in [-0.39, 0.29) is 17.1 Å². The largest absolute Gasteiger partial charge is 0.356 e. The topological polar surface area (TPSA) is 46.2 Å². The molecule has 0 aliphatic rings. The molecule has 0 aliphatic heterocycles. The van der Waals surface area contributed by atoms with Crippen LogP contribution in [-0.4, -0.2) is 18.2 Å². The van der Waals surface area contributed by atoms with Gasteiger partial charge in [0, 0.05) is 19.4 Å². The number of Topliss-reactive ketones (excluding diaryl/α,β-unsaturated/α-hetero) is 1. The van der Waals surface area contributed by atoms with E-state index in [0.717, 1.165) is 0 Å². The van der Waals surface area contributed by atoms with Gasteiger partial charge in [0.1, 0.15) is 5.78 Å². The minimum Gasteiger partial charge on any atom is -0.356 e. The summed E-state index contributed by atoms with van der Waals surface area (Å²) in [7, 11) is 0. The molecular formula is C12H23NO2.